The van der Waals surface area contributed by atoms with Crippen LogP contribution in [0.4, 0.5) is 0 Å². The van der Waals surface area contributed by atoms with Gasteiger partial charge in [-0.25, -0.2) is 0 Å². The summed E-state index contributed by atoms with van der Waals surface area (Å²) in [5.41, 5.74) is 12.3. The molecule has 0 unspecified atom stereocenters. The molecule has 3 aromatic carbocycles. The van der Waals surface area contributed by atoms with Gasteiger partial charge in [0, 0.05) is 71.8 Å². The van der Waals surface area contributed by atoms with Gasteiger partial charge >= 0.3 is 16.5 Å². The van der Waals surface area contributed by atoms with Crippen molar-refractivity contribution in [1.82, 2.24) is 37.4 Å². The monoisotopic (exact) mass is 878 g/mol. The maximum Gasteiger partial charge on any atom is 2.00 e. The van der Waals surface area contributed by atoms with Crippen molar-refractivity contribution in [2.75, 3.05) is 0 Å². The summed E-state index contributed by atoms with van der Waals surface area (Å²) in [6, 6.07) is 28.9. The zero-order valence-electron chi connectivity index (χ0n) is 30.5. The molecule has 19 heteroatoms. The molecule has 9 rings (SSSR count). The van der Waals surface area contributed by atoms with E-state index in [1.54, 1.807) is 49.6 Å². The Bertz CT molecular complexity index is 2350. The Morgan fingerprint density at radius 1 is 0.356 bits per heavy atom. The molecule has 0 radical (unpaired) electrons. The van der Waals surface area contributed by atoms with Crippen LogP contribution in [-0.2, 0) is 38.4 Å². The average molecular weight is 880 g/mol. The Morgan fingerprint density at radius 3 is 0.746 bits per heavy atom. The van der Waals surface area contributed by atoms with Gasteiger partial charge in [-0.3, -0.25) is 19.9 Å². The Kier molecular flexibility index (Phi) is 18.7. The van der Waals surface area contributed by atoms with Gasteiger partial charge in [0.2, 0.25) is 0 Å². The van der Waals surface area contributed by atoms with E-state index in [4.69, 9.17) is 0 Å². The van der Waals surface area contributed by atoms with E-state index in [2.05, 4.69) is 61.7 Å². The SMILES string of the molecule is O=C([O-])c1ccc(C(=O)[O-])cc1.[Ni+2].[OH3+].[OH3+].[OH3+].[OH3+].c1cc(-c2ccc(-c3ccncc3)c3nsnc23)ccn1.c1cc(-c2ccc(-c3ccncc3)c3nsnc23)ccn1. The van der Waals surface area contributed by atoms with E-state index >= 15 is 0 Å². The maximum absolute atomic E-state index is 10.2. The number of rotatable bonds is 6. The van der Waals surface area contributed by atoms with Crippen LogP contribution in [0.3, 0.4) is 0 Å². The first-order valence-electron chi connectivity index (χ1n) is 16.1. The van der Waals surface area contributed by atoms with Gasteiger partial charge in [0.05, 0.1) is 35.4 Å². The minimum absolute atomic E-state index is 0. The van der Waals surface area contributed by atoms with E-state index in [0.29, 0.717) is 0 Å². The van der Waals surface area contributed by atoms with Crippen LogP contribution in [0, 0.1) is 0 Å². The number of hydrogen-bond acceptors (Lipinski definition) is 14. The molecule has 0 spiro atoms. The van der Waals surface area contributed by atoms with Gasteiger partial charge < -0.3 is 41.7 Å². The molecule has 9 aromatic rings. The molecule has 0 saturated heterocycles. The van der Waals surface area contributed by atoms with Crippen molar-refractivity contribution in [1.29, 1.82) is 0 Å². The smallest absolute Gasteiger partial charge is 0.545 e. The van der Waals surface area contributed by atoms with E-state index in [9.17, 15) is 19.8 Å². The molecule has 302 valence electrons. The summed E-state index contributed by atoms with van der Waals surface area (Å²) in [5.74, 6) is -2.67. The van der Waals surface area contributed by atoms with Crippen molar-refractivity contribution in [2.45, 2.75) is 0 Å². The summed E-state index contributed by atoms with van der Waals surface area (Å²) in [5, 5.41) is 20.4. The van der Waals surface area contributed by atoms with Crippen LogP contribution < -0.4 is 10.2 Å². The minimum Gasteiger partial charge on any atom is -0.545 e. The van der Waals surface area contributed by atoms with Crippen LogP contribution >= 0.6 is 23.5 Å². The van der Waals surface area contributed by atoms with Crippen LogP contribution in [-0.4, -0.2) is 49.4 Å². The van der Waals surface area contributed by atoms with Gasteiger partial charge in [-0.2, -0.15) is 17.5 Å². The van der Waals surface area contributed by atoms with E-state index in [1.165, 1.54) is 23.5 Å². The number of benzene rings is 3. The van der Waals surface area contributed by atoms with E-state index in [0.717, 1.165) is 90.8 Å². The molecule has 59 heavy (non-hydrogen) atoms. The molecule has 0 amide bonds. The van der Waals surface area contributed by atoms with E-state index in [1.807, 2.05) is 48.5 Å². The van der Waals surface area contributed by atoms with Crippen molar-refractivity contribution in [3.63, 3.8) is 0 Å². The number of carbonyl (C=O) groups is 2. The third kappa shape index (κ3) is 11.2. The molecule has 0 aliphatic heterocycles. The second-order valence-corrected chi connectivity index (χ2v) is 12.4. The Balaban J connectivity index is 0.000000304. The summed E-state index contributed by atoms with van der Waals surface area (Å²) >= 11 is 2.48. The third-order valence-corrected chi connectivity index (χ3v) is 9.21. The zero-order chi connectivity index (χ0) is 37.3. The largest absolute Gasteiger partial charge is 2.00 e. The first-order valence-corrected chi connectivity index (χ1v) is 17.6. The molecule has 0 saturated carbocycles. The summed E-state index contributed by atoms with van der Waals surface area (Å²) in [6.07, 6.45) is 14.3. The third-order valence-electron chi connectivity index (χ3n) is 8.15. The van der Waals surface area contributed by atoms with Gasteiger partial charge in [-0.15, -0.1) is 0 Å². The number of carboxylic acids is 2. The predicted molar refractivity (Wildman–Crippen MR) is 222 cm³/mol. The molecule has 16 nitrogen and oxygen atoms in total. The van der Waals surface area contributed by atoms with Crippen LogP contribution in [0.1, 0.15) is 20.7 Å². The molecule has 0 aliphatic rings. The van der Waals surface area contributed by atoms with Crippen molar-refractivity contribution in [2.24, 2.45) is 0 Å². The Hall–Kier alpha value is -6.83. The molecule has 6 heterocycles. The number of aromatic carboxylic acids is 2. The molecular formula is C40H36N8NiO8S2+4. The van der Waals surface area contributed by atoms with Crippen molar-refractivity contribution >= 4 is 57.5 Å². The van der Waals surface area contributed by atoms with Crippen LogP contribution in [0.2, 0.25) is 0 Å². The maximum atomic E-state index is 10.2. The average Bonchev–Trinajstić information content (AvgIpc) is 3.94. The number of nitrogens with zero attached hydrogens (tertiary/aromatic N) is 8. The zero-order valence-corrected chi connectivity index (χ0v) is 33.1. The van der Waals surface area contributed by atoms with Gasteiger partial charge in [0.1, 0.15) is 22.1 Å². The molecule has 0 atom stereocenters. The summed E-state index contributed by atoms with van der Waals surface area (Å²) in [6.45, 7) is 0. The summed E-state index contributed by atoms with van der Waals surface area (Å²) < 4.78 is 17.9. The van der Waals surface area contributed by atoms with Gasteiger partial charge in [0.15, 0.2) is 0 Å². The topological polar surface area (TPSA) is 315 Å². The van der Waals surface area contributed by atoms with Crippen LogP contribution in [0.5, 0.6) is 0 Å². The molecule has 12 N–H and O–H groups in total. The first-order chi connectivity index (χ1) is 26.5. The van der Waals surface area contributed by atoms with Crippen molar-refractivity contribution in [3.05, 3.63) is 158 Å². The van der Waals surface area contributed by atoms with Crippen molar-refractivity contribution in [3.8, 4) is 44.5 Å². The molecule has 0 bridgehead atoms. The number of fused-ring (bicyclic) bond motifs is 2. The van der Waals surface area contributed by atoms with Gasteiger partial charge in [-0.05, 0) is 81.9 Å². The Morgan fingerprint density at radius 2 is 0.559 bits per heavy atom. The predicted octanol–water partition coefficient (Wildman–Crippen LogP) is 2.35. The second-order valence-electron chi connectivity index (χ2n) is 11.3. The van der Waals surface area contributed by atoms with Gasteiger partial charge in [-0.1, -0.05) is 48.5 Å². The normalized spacial score (nSPS) is 9.63. The fourth-order valence-electron chi connectivity index (χ4n) is 5.53. The van der Waals surface area contributed by atoms with E-state index < -0.39 is 11.9 Å². The van der Waals surface area contributed by atoms with E-state index in [-0.39, 0.29) is 49.5 Å². The van der Waals surface area contributed by atoms with Crippen molar-refractivity contribution < 1.29 is 58.2 Å². The number of carboxylic acid groups (broad SMARTS) is 2. The number of pyridine rings is 4. The summed E-state index contributed by atoms with van der Waals surface area (Å²) in [7, 11) is 0. The standard InChI is InChI=1S/2C16H10N4S.C8H6O4.Ni.4H2O/c2*1-2-14(12-5-9-18-10-6-12)16-15(19-21-20-16)13(1)11-3-7-17-8-4-11;9-7(10)5-1-2-6(4-3-5)8(11)12;;;;;/h2*1-10H;1-4H,(H,9,10)(H,11,12);;4*1H2/q;;;+2;;;;/p+2. The quantitative estimate of drug-likeness (QED) is 0.172. The first kappa shape index (κ1) is 48.3. The number of aromatic nitrogens is 8. The second kappa shape index (κ2) is 22.8. The molecule has 0 fully saturated rings. The molecular weight excluding hydrogens is 843 g/mol. The number of hydrogen-bond donors (Lipinski definition) is 0. The minimum atomic E-state index is -1.33. The fourth-order valence-corrected chi connectivity index (χ4v) is 6.68. The number of carbonyl (C=O) groups excluding carboxylic acids is 2. The summed E-state index contributed by atoms with van der Waals surface area (Å²) in [4.78, 5) is 36.7. The Labute approximate surface area is 353 Å². The molecule has 0 aliphatic carbocycles. The van der Waals surface area contributed by atoms with Crippen LogP contribution in [0.15, 0.2) is 147 Å². The molecule has 6 aromatic heterocycles. The van der Waals surface area contributed by atoms with Crippen LogP contribution in [0.25, 0.3) is 66.6 Å². The fraction of sp³-hybridized carbons (Fsp3) is 0. The van der Waals surface area contributed by atoms with Gasteiger partial charge in [0.25, 0.3) is 0 Å².